The molecule has 2 aromatic rings. The Labute approximate surface area is 130 Å². The maximum atomic E-state index is 12.1. The normalized spacial score (nSPS) is 11.3. The van der Waals surface area contributed by atoms with Gasteiger partial charge in [0.1, 0.15) is 5.76 Å². The fourth-order valence-corrected chi connectivity index (χ4v) is 3.46. The van der Waals surface area contributed by atoms with Crippen molar-refractivity contribution in [3.05, 3.63) is 59.5 Å². The lowest BCUT2D eigenvalue weighted by molar-refractivity contribution is -0.120. The van der Waals surface area contributed by atoms with Crippen LogP contribution in [0.5, 0.6) is 0 Å². The van der Waals surface area contributed by atoms with E-state index < -0.39 is 9.84 Å². The van der Waals surface area contributed by atoms with Crippen molar-refractivity contribution < 1.29 is 17.6 Å². The molecule has 1 N–H and O–H groups in total. The van der Waals surface area contributed by atoms with Crippen LogP contribution in [-0.2, 0) is 26.9 Å². The first-order valence-electron chi connectivity index (χ1n) is 7.00. The first kappa shape index (κ1) is 16.3. The summed E-state index contributed by atoms with van der Waals surface area (Å²) >= 11 is 0. The molecule has 1 amide bonds. The van der Waals surface area contributed by atoms with Crippen molar-refractivity contribution in [3.8, 4) is 0 Å². The van der Waals surface area contributed by atoms with E-state index in [0.29, 0.717) is 5.76 Å². The highest BCUT2D eigenvalue weighted by Crippen LogP contribution is 2.12. The highest BCUT2D eigenvalue weighted by atomic mass is 32.2. The Balaban J connectivity index is 1.82. The first-order chi connectivity index (χ1) is 10.5. The van der Waals surface area contributed by atoms with Crippen LogP contribution in [0.3, 0.4) is 0 Å². The van der Waals surface area contributed by atoms with Crippen LogP contribution in [0.2, 0.25) is 0 Å². The van der Waals surface area contributed by atoms with Crippen molar-refractivity contribution in [1.82, 2.24) is 5.32 Å². The van der Waals surface area contributed by atoms with Crippen LogP contribution in [0.15, 0.2) is 47.1 Å². The number of amides is 1. The van der Waals surface area contributed by atoms with Gasteiger partial charge in [-0.3, -0.25) is 4.79 Å². The lowest BCUT2D eigenvalue weighted by Crippen LogP contribution is -2.25. The number of furan rings is 1. The summed E-state index contributed by atoms with van der Waals surface area (Å²) in [6.45, 7) is 2.14. The number of aryl methyl sites for hydroxylation is 1. The van der Waals surface area contributed by atoms with Crippen LogP contribution < -0.4 is 5.32 Å². The predicted molar refractivity (Wildman–Crippen MR) is 83.8 cm³/mol. The lowest BCUT2D eigenvalue weighted by atomic mass is 10.1. The van der Waals surface area contributed by atoms with Gasteiger partial charge in [-0.2, -0.15) is 0 Å². The second-order valence-corrected chi connectivity index (χ2v) is 7.31. The van der Waals surface area contributed by atoms with Crippen molar-refractivity contribution in [3.63, 3.8) is 0 Å². The number of sulfone groups is 1. The summed E-state index contributed by atoms with van der Waals surface area (Å²) in [5.41, 5.74) is 1.71. The molecule has 1 aromatic heterocycles. The molecule has 0 saturated heterocycles. The third-order valence-corrected chi connectivity index (χ3v) is 4.89. The molecule has 5 nitrogen and oxygen atoms in total. The van der Waals surface area contributed by atoms with E-state index in [2.05, 4.69) is 5.32 Å². The number of carbonyl (C=O) groups is 1. The third-order valence-electron chi connectivity index (χ3n) is 3.32. The minimum Gasteiger partial charge on any atom is -0.467 e. The van der Waals surface area contributed by atoms with E-state index in [0.717, 1.165) is 11.1 Å². The zero-order valence-electron chi connectivity index (χ0n) is 12.4. The van der Waals surface area contributed by atoms with Crippen LogP contribution in [0.1, 0.15) is 23.3 Å². The molecule has 0 aliphatic heterocycles. The van der Waals surface area contributed by atoms with Crippen molar-refractivity contribution in [2.75, 3.05) is 5.75 Å². The summed E-state index contributed by atoms with van der Waals surface area (Å²) in [4.78, 5) is 11.7. The van der Waals surface area contributed by atoms with Gasteiger partial charge < -0.3 is 9.73 Å². The van der Waals surface area contributed by atoms with E-state index in [4.69, 9.17) is 4.42 Å². The Morgan fingerprint density at radius 2 is 1.95 bits per heavy atom. The molecular weight excluding hydrogens is 302 g/mol. The molecule has 6 heteroatoms. The van der Waals surface area contributed by atoms with Crippen LogP contribution in [0.4, 0.5) is 0 Å². The van der Waals surface area contributed by atoms with Gasteiger partial charge in [-0.1, -0.05) is 24.3 Å². The number of rotatable bonds is 7. The smallest absolute Gasteiger partial charge is 0.221 e. The maximum Gasteiger partial charge on any atom is 0.221 e. The topological polar surface area (TPSA) is 76.4 Å². The van der Waals surface area contributed by atoms with E-state index >= 15 is 0 Å². The highest BCUT2D eigenvalue weighted by Gasteiger charge is 2.15. The lowest BCUT2D eigenvalue weighted by Gasteiger charge is -2.07. The second-order valence-electron chi connectivity index (χ2n) is 5.12. The molecule has 0 spiro atoms. The van der Waals surface area contributed by atoms with Gasteiger partial charge in [0.15, 0.2) is 9.84 Å². The van der Waals surface area contributed by atoms with Crippen molar-refractivity contribution in [2.24, 2.45) is 0 Å². The summed E-state index contributed by atoms with van der Waals surface area (Å²) in [7, 11) is -3.31. The Bertz CT molecular complexity index is 720. The van der Waals surface area contributed by atoms with Crippen LogP contribution in [0, 0.1) is 6.92 Å². The summed E-state index contributed by atoms with van der Waals surface area (Å²) in [5.74, 6) is 0.136. The minimum atomic E-state index is -3.31. The average Bonchev–Trinajstić information content (AvgIpc) is 2.99. The average molecular weight is 321 g/mol. The first-order valence-corrected chi connectivity index (χ1v) is 8.82. The number of hydrogen-bond donors (Lipinski definition) is 1. The van der Waals surface area contributed by atoms with Crippen LogP contribution in [-0.4, -0.2) is 20.1 Å². The molecule has 1 heterocycles. The van der Waals surface area contributed by atoms with Gasteiger partial charge in [0.05, 0.1) is 24.3 Å². The molecule has 0 saturated carbocycles. The van der Waals surface area contributed by atoms with Crippen molar-refractivity contribution in [1.29, 1.82) is 0 Å². The van der Waals surface area contributed by atoms with E-state index in [1.54, 1.807) is 18.2 Å². The molecule has 0 unspecified atom stereocenters. The van der Waals surface area contributed by atoms with Crippen molar-refractivity contribution in [2.45, 2.75) is 25.6 Å². The largest absolute Gasteiger partial charge is 0.467 e. The molecule has 2 rings (SSSR count). The summed E-state index contributed by atoms with van der Waals surface area (Å²) < 4.78 is 29.3. The molecule has 0 radical (unpaired) electrons. The van der Waals surface area contributed by atoms with E-state index in [1.165, 1.54) is 6.26 Å². The Morgan fingerprint density at radius 3 is 2.64 bits per heavy atom. The van der Waals surface area contributed by atoms with E-state index in [-0.39, 0.29) is 30.4 Å². The van der Waals surface area contributed by atoms with Gasteiger partial charge in [-0.25, -0.2) is 8.42 Å². The Morgan fingerprint density at radius 1 is 1.18 bits per heavy atom. The van der Waals surface area contributed by atoms with E-state index in [9.17, 15) is 13.2 Å². The Hall–Kier alpha value is -2.08. The number of hydrogen-bond acceptors (Lipinski definition) is 4. The molecule has 118 valence electrons. The van der Waals surface area contributed by atoms with E-state index in [1.807, 2.05) is 25.1 Å². The van der Waals surface area contributed by atoms with Crippen LogP contribution >= 0.6 is 0 Å². The molecule has 0 aliphatic carbocycles. The maximum absolute atomic E-state index is 12.1. The number of benzene rings is 1. The summed E-state index contributed by atoms with van der Waals surface area (Å²) in [5, 5.41) is 2.64. The molecule has 0 fully saturated rings. The van der Waals surface area contributed by atoms with Gasteiger partial charge in [-0.05, 0) is 30.2 Å². The third kappa shape index (κ3) is 5.04. The molecule has 22 heavy (non-hydrogen) atoms. The zero-order valence-corrected chi connectivity index (χ0v) is 13.2. The molecule has 1 aromatic carbocycles. The summed E-state index contributed by atoms with van der Waals surface area (Å²) in [6.07, 6.45) is 1.48. The SMILES string of the molecule is Cc1ccccc1CS(=O)(=O)CCC(=O)NCc1ccco1. The Kier molecular flexibility index (Phi) is 5.38. The predicted octanol–water partition coefficient (Wildman–Crippen LogP) is 2.21. The molecule has 0 aliphatic rings. The standard InChI is InChI=1S/C16H19NO4S/c1-13-5-2-3-6-14(13)12-22(19,20)10-8-16(18)17-11-15-7-4-9-21-15/h2-7,9H,8,10-12H2,1H3,(H,17,18). The fraction of sp³-hybridized carbons (Fsp3) is 0.312. The minimum absolute atomic E-state index is 0.0366. The number of nitrogens with one attached hydrogen (secondary N) is 1. The summed E-state index contributed by atoms with van der Waals surface area (Å²) in [6, 6.07) is 10.8. The fourth-order valence-electron chi connectivity index (χ4n) is 2.02. The molecule has 0 atom stereocenters. The van der Waals surface area contributed by atoms with Gasteiger partial charge in [-0.15, -0.1) is 0 Å². The van der Waals surface area contributed by atoms with Crippen LogP contribution in [0.25, 0.3) is 0 Å². The van der Waals surface area contributed by atoms with Gasteiger partial charge in [0, 0.05) is 6.42 Å². The van der Waals surface area contributed by atoms with Crippen molar-refractivity contribution >= 4 is 15.7 Å². The quantitative estimate of drug-likeness (QED) is 0.848. The monoisotopic (exact) mass is 321 g/mol. The second kappa shape index (κ2) is 7.26. The number of carbonyl (C=O) groups excluding carboxylic acids is 1. The zero-order chi connectivity index (χ0) is 16.0. The van der Waals surface area contributed by atoms with Gasteiger partial charge in [0.25, 0.3) is 0 Å². The highest BCUT2D eigenvalue weighted by molar-refractivity contribution is 7.90. The van der Waals surface area contributed by atoms with Gasteiger partial charge >= 0.3 is 0 Å². The van der Waals surface area contributed by atoms with Gasteiger partial charge in [0.2, 0.25) is 5.91 Å². The molecular formula is C16H19NO4S. The molecule has 0 bridgehead atoms.